The highest BCUT2D eigenvalue weighted by Gasteiger charge is 2.25. The Kier molecular flexibility index (Phi) is 7.78. The van der Waals surface area contributed by atoms with Crippen LogP contribution in [0.1, 0.15) is 16.9 Å². The van der Waals surface area contributed by atoms with E-state index >= 15 is 0 Å². The molecule has 0 saturated carbocycles. The van der Waals surface area contributed by atoms with Gasteiger partial charge in [0.2, 0.25) is 5.91 Å². The molecular weight excluding hydrogens is 435 g/mol. The molecular formula is C16H21N6O8P. The van der Waals surface area contributed by atoms with Gasteiger partial charge in [0, 0.05) is 51.0 Å². The molecule has 15 heteroatoms. The summed E-state index contributed by atoms with van der Waals surface area (Å²) in [6.07, 6.45) is 1.90. The summed E-state index contributed by atoms with van der Waals surface area (Å²) in [6.45, 7) is 0.901. The molecule has 1 aromatic heterocycles. The smallest absolute Gasteiger partial charge is 0.358 e. The fraction of sp³-hybridized carbons (Fsp3) is 0.438. The quantitative estimate of drug-likeness (QED) is 0.121. The van der Waals surface area contributed by atoms with Crippen LogP contribution < -0.4 is 10.6 Å². The summed E-state index contributed by atoms with van der Waals surface area (Å²) in [6, 6.07) is 0.948. The van der Waals surface area contributed by atoms with E-state index in [-0.39, 0.29) is 44.5 Å². The van der Waals surface area contributed by atoms with Gasteiger partial charge in [-0.25, -0.2) is 0 Å². The Morgan fingerprint density at radius 1 is 1.19 bits per heavy atom. The van der Waals surface area contributed by atoms with Crippen molar-refractivity contribution in [2.24, 2.45) is 0 Å². The van der Waals surface area contributed by atoms with Crippen molar-refractivity contribution in [3.05, 3.63) is 34.0 Å². The summed E-state index contributed by atoms with van der Waals surface area (Å²) in [5.41, 5.74) is -0.162. The van der Waals surface area contributed by atoms with Crippen molar-refractivity contribution in [1.29, 1.82) is 0 Å². The molecule has 31 heavy (non-hydrogen) atoms. The molecule has 1 atom stereocenters. The Bertz CT molecular complexity index is 963. The van der Waals surface area contributed by atoms with E-state index in [1.165, 1.54) is 0 Å². The lowest BCUT2D eigenvalue weighted by Crippen LogP contribution is -2.38. The first-order chi connectivity index (χ1) is 14.5. The number of carbonyl (C=O) groups is 4. The number of hydrogen-bond donors (Lipinski definition) is 3. The van der Waals surface area contributed by atoms with Gasteiger partial charge in [-0.15, -0.1) is 0 Å². The van der Waals surface area contributed by atoms with E-state index in [9.17, 15) is 38.8 Å². The fourth-order valence-corrected chi connectivity index (χ4v) is 3.11. The number of nitrogens with zero attached hydrogens (tertiary/aromatic N) is 4. The van der Waals surface area contributed by atoms with Crippen molar-refractivity contribution in [2.75, 3.05) is 32.5 Å². The Morgan fingerprint density at radius 3 is 2.39 bits per heavy atom. The zero-order valence-corrected chi connectivity index (χ0v) is 17.4. The molecule has 1 unspecified atom stereocenters. The number of nitrogens with one attached hydrogen (secondary N) is 2. The number of carbonyl (C=O) groups excluding carboxylic acids is 4. The SMILES string of the molecule is CP(=O)(O)CCn1nc([N+](=O)[O-])cc1C(=O)NCCNC(=O)CCN1C(=O)C=CC1=O. The molecule has 1 aliphatic rings. The third kappa shape index (κ3) is 7.12. The maximum Gasteiger partial charge on any atom is 0.390 e. The predicted octanol–water partition coefficient (Wildman–Crippen LogP) is -1.15. The van der Waals surface area contributed by atoms with Crippen LogP contribution in [0.25, 0.3) is 0 Å². The van der Waals surface area contributed by atoms with Gasteiger partial charge < -0.3 is 25.6 Å². The van der Waals surface area contributed by atoms with Gasteiger partial charge >= 0.3 is 5.82 Å². The number of imide groups is 1. The largest absolute Gasteiger partial charge is 0.390 e. The summed E-state index contributed by atoms with van der Waals surface area (Å²) < 4.78 is 12.4. The molecule has 0 aromatic carbocycles. The second-order valence-corrected chi connectivity index (χ2v) is 9.21. The first-order valence-electron chi connectivity index (χ1n) is 9.08. The minimum absolute atomic E-state index is 0.0149. The second-order valence-electron chi connectivity index (χ2n) is 6.66. The molecule has 1 aromatic rings. The van der Waals surface area contributed by atoms with Crippen molar-refractivity contribution < 1.29 is 33.6 Å². The van der Waals surface area contributed by atoms with Gasteiger partial charge in [-0.05, 0) is 4.92 Å². The van der Waals surface area contributed by atoms with Crippen LogP contribution in [0.5, 0.6) is 0 Å². The Balaban J connectivity index is 1.81. The maximum absolute atomic E-state index is 12.3. The van der Waals surface area contributed by atoms with E-state index < -0.39 is 41.7 Å². The van der Waals surface area contributed by atoms with Crippen molar-refractivity contribution in [3.63, 3.8) is 0 Å². The first kappa shape index (κ1) is 23.9. The third-order valence-corrected chi connectivity index (χ3v) is 5.14. The molecule has 1 aliphatic heterocycles. The number of hydrogen-bond acceptors (Lipinski definition) is 8. The second kappa shape index (κ2) is 10.1. The van der Waals surface area contributed by atoms with E-state index in [2.05, 4.69) is 15.7 Å². The Morgan fingerprint density at radius 2 is 1.81 bits per heavy atom. The number of rotatable bonds is 11. The van der Waals surface area contributed by atoms with Crippen LogP contribution in [0, 0.1) is 10.1 Å². The summed E-state index contributed by atoms with van der Waals surface area (Å²) in [7, 11) is -3.41. The lowest BCUT2D eigenvalue weighted by Gasteiger charge is -2.13. The number of aryl methyl sites for hydroxylation is 1. The number of aromatic nitrogens is 2. The molecule has 2 rings (SSSR count). The number of amides is 4. The van der Waals surface area contributed by atoms with E-state index in [0.717, 1.165) is 34.5 Å². The standard InChI is InChI=1S/C16H21N6O8P/c1-31(29,30)9-8-21-11(10-12(19-21)22(27)28)16(26)18-6-5-17-13(23)4-7-20-14(24)2-3-15(20)25/h2-3,10H,4-9H2,1H3,(H,17,23)(H,18,26)(H,29,30). The van der Waals surface area contributed by atoms with Gasteiger partial charge in [0.05, 0.1) is 17.7 Å². The van der Waals surface area contributed by atoms with E-state index in [4.69, 9.17) is 0 Å². The summed E-state index contributed by atoms with van der Waals surface area (Å²) in [4.78, 5) is 67.4. The topological polar surface area (TPSA) is 194 Å². The zero-order chi connectivity index (χ0) is 23.2. The van der Waals surface area contributed by atoms with Crippen LogP contribution in [0.3, 0.4) is 0 Å². The fourth-order valence-electron chi connectivity index (χ4n) is 2.55. The average Bonchev–Trinajstić information content (AvgIpc) is 3.25. The molecule has 14 nitrogen and oxygen atoms in total. The van der Waals surface area contributed by atoms with Crippen molar-refractivity contribution >= 4 is 36.8 Å². The summed E-state index contributed by atoms with van der Waals surface area (Å²) >= 11 is 0. The highest BCUT2D eigenvalue weighted by Crippen LogP contribution is 2.35. The van der Waals surface area contributed by atoms with E-state index in [0.29, 0.717) is 0 Å². The minimum atomic E-state index is -3.41. The first-order valence-corrected chi connectivity index (χ1v) is 11.4. The normalized spacial score (nSPS) is 15.1. The highest BCUT2D eigenvalue weighted by atomic mass is 31.2. The lowest BCUT2D eigenvalue weighted by atomic mass is 10.3. The van der Waals surface area contributed by atoms with Gasteiger partial charge in [-0.1, -0.05) is 0 Å². The Labute approximate surface area is 175 Å². The maximum atomic E-state index is 12.3. The highest BCUT2D eigenvalue weighted by molar-refractivity contribution is 7.57. The molecule has 0 saturated heterocycles. The third-order valence-electron chi connectivity index (χ3n) is 4.11. The Hall–Kier alpha value is -3.38. The van der Waals surface area contributed by atoms with Gasteiger partial charge in [0.25, 0.3) is 17.7 Å². The van der Waals surface area contributed by atoms with Crippen molar-refractivity contribution in [3.8, 4) is 0 Å². The van der Waals surface area contributed by atoms with Crippen LogP contribution in [-0.2, 0) is 25.5 Å². The summed E-state index contributed by atoms with van der Waals surface area (Å²) in [5, 5.41) is 19.5. The van der Waals surface area contributed by atoms with Crippen LogP contribution in [-0.4, -0.2) is 80.6 Å². The zero-order valence-electron chi connectivity index (χ0n) is 16.5. The van der Waals surface area contributed by atoms with Crippen LogP contribution in [0.2, 0.25) is 0 Å². The molecule has 4 amide bonds. The number of nitro groups is 1. The van der Waals surface area contributed by atoms with Crippen molar-refractivity contribution in [1.82, 2.24) is 25.3 Å². The minimum Gasteiger partial charge on any atom is -0.358 e. The van der Waals surface area contributed by atoms with Crippen LogP contribution in [0.4, 0.5) is 5.82 Å². The molecule has 0 radical (unpaired) electrons. The van der Waals surface area contributed by atoms with E-state index in [1.807, 2.05) is 0 Å². The monoisotopic (exact) mass is 456 g/mol. The molecule has 0 fully saturated rings. The lowest BCUT2D eigenvalue weighted by molar-refractivity contribution is -0.389. The van der Waals surface area contributed by atoms with Crippen molar-refractivity contribution in [2.45, 2.75) is 13.0 Å². The van der Waals surface area contributed by atoms with Gasteiger partial charge in [0.1, 0.15) is 0 Å². The molecule has 168 valence electrons. The van der Waals surface area contributed by atoms with Crippen LogP contribution in [0.15, 0.2) is 18.2 Å². The molecule has 2 heterocycles. The van der Waals surface area contributed by atoms with Crippen LogP contribution >= 0.6 is 7.37 Å². The average molecular weight is 456 g/mol. The summed E-state index contributed by atoms with van der Waals surface area (Å²) in [5.74, 6) is -2.71. The molecule has 3 N–H and O–H groups in total. The van der Waals surface area contributed by atoms with Gasteiger partial charge in [0.15, 0.2) is 13.1 Å². The molecule has 0 aliphatic carbocycles. The van der Waals surface area contributed by atoms with E-state index in [1.54, 1.807) is 0 Å². The predicted molar refractivity (Wildman–Crippen MR) is 105 cm³/mol. The molecule has 0 spiro atoms. The van der Waals surface area contributed by atoms with Gasteiger partial charge in [-0.3, -0.25) is 28.6 Å². The molecule has 0 bridgehead atoms. The van der Waals surface area contributed by atoms with Gasteiger partial charge in [-0.2, -0.15) is 4.68 Å².